The van der Waals surface area contributed by atoms with Crippen LogP contribution in [0.4, 0.5) is 17.2 Å². The number of aliphatic imine (C=N–C) groups is 1. The highest BCUT2D eigenvalue weighted by Gasteiger charge is 2.25. The molecule has 3 heterocycles. The van der Waals surface area contributed by atoms with E-state index < -0.39 is 15.1 Å². The molecule has 0 aliphatic carbocycles. The SMILES string of the molecule is COc1cc(C2CCCN(C)C2)ccc1Cc1nc2c(c(Nc3ccccc3S(=O)(=O)C(C)C)n1)N=CC2. The normalized spacial score (nSPS) is 17.6. The summed E-state index contributed by atoms with van der Waals surface area (Å²) in [5, 5.41) is 2.72. The zero-order valence-corrected chi connectivity index (χ0v) is 23.3. The highest BCUT2D eigenvalue weighted by molar-refractivity contribution is 7.92. The molecular formula is C29H35N5O3S. The third-order valence-corrected chi connectivity index (χ3v) is 9.54. The van der Waals surface area contributed by atoms with Crippen molar-refractivity contribution in [1.29, 1.82) is 0 Å². The summed E-state index contributed by atoms with van der Waals surface area (Å²) in [6.45, 7) is 5.57. The molecule has 0 bridgehead atoms. The van der Waals surface area contributed by atoms with Crippen molar-refractivity contribution in [2.75, 3.05) is 32.6 Å². The van der Waals surface area contributed by atoms with Crippen molar-refractivity contribution < 1.29 is 13.2 Å². The summed E-state index contributed by atoms with van der Waals surface area (Å²) >= 11 is 0. The number of hydrogen-bond acceptors (Lipinski definition) is 8. The first-order chi connectivity index (χ1) is 18.3. The predicted molar refractivity (Wildman–Crippen MR) is 151 cm³/mol. The maximum Gasteiger partial charge on any atom is 0.182 e. The Balaban J connectivity index is 1.46. The number of fused-ring (bicyclic) bond motifs is 1. The number of anilines is 2. The minimum atomic E-state index is -3.49. The van der Waals surface area contributed by atoms with E-state index in [0.29, 0.717) is 41.8 Å². The molecule has 200 valence electrons. The second kappa shape index (κ2) is 10.8. The minimum Gasteiger partial charge on any atom is -0.496 e. The molecule has 9 heteroatoms. The first-order valence-electron chi connectivity index (χ1n) is 13.1. The molecule has 5 rings (SSSR count). The number of piperidine rings is 1. The monoisotopic (exact) mass is 533 g/mol. The molecule has 1 unspecified atom stereocenters. The minimum absolute atomic E-state index is 0.247. The van der Waals surface area contributed by atoms with E-state index in [-0.39, 0.29) is 4.90 Å². The van der Waals surface area contributed by atoms with E-state index >= 15 is 0 Å². The Bertz CT molecular complexity index is 1470. The van der Waals surface area contributed by atoms with E-state index in [0.717, 1.165) is 30.1 Å². The van der Waals surface area contributed by atoms with Gasteiger partial charge in [0.05, 0.1) is 28.6 Å². The molecule has 2 aliphatic rings. The van der Waals surface area contributed by atoms with Gasteiger partial charge in [0, 0.05) is 31.2 Å². The fourth-order valence-corrected chi connectivity index (χ4v) is 6.39. The molecule has 0 amide bonds. The van der Waals surface area contributed by atoms with Gasteiger partial charge in [-0.1, -0.05) is 24.3 Å². The van der Waals surface area contributed by atoms with Gasteiger partial charge in [0.1, 0.15) is 17.3 Å². The van der Waals surface area contributed by atoms with Crippen LogP contribution < -0.4 is 10.1 Å². The lowest BCUT2D eigenvalue weighted by Gasteiger charge is -2.30. The van der Waals surface area contributed by atoms with E-state index in [1.165, 1.54) is 18.4 Å². The zero-order valence-electron chi connectivity index (χ0n) is 22.4. The number of aromatic nitrogens is 2. The molecule has 0 spiro atoms. The number of nitrogens with zero attached hydrogens (tertiary/aromatic N) is 4. The van der Waals surface area contributed by atoms with Crippen LogP contribution in [0.25, 0.3) is 0 Å². The number of rotatable bonds is 8. The third-order valence-electron chi connectivity index (χ3n) is 7.33. The van der Waals surface area contributed by atoms with Crippen LogP contribution >= 0.6 is 0 Å². The molecule has 1 aromatic heterocycles. The van der Waals surface area contributed by atoms with Crippen LogP contribution in [0.2, 0.25) is 0 Å². The van der Waals surface area contributed by atoms with Gasteiger partial charge in [-0.3, -0.25) is 4.99 Å². The van der Waals surface area contributed by atoms with Crippen molar-refractivity contribution in [3.8, 4) is 5.75 Å². The Morgan fingerprint density at radius 3 is 2.74 bits per heavy atom. The smallest absolute Gasteiger partial charge is 0.182 e. The molecule has 0 saturated carbocycles. The van der Waals surface area contributed by atoms with Crippen LogP contribution in [0.1, 0.15) is 55.3 Å². The summed E-state index contributed by atoms with van der Waals surface area (Å²) in [7, 11) is 0.386. The van der Waals surface area contributed by atoms with E-state index in [9.17, 15) is 8.42 Å². The summed E-state index contributed by atoms with van der Waals surface area (Å²) in [5.41, 5.74) is 4.25. The molecule has 0 radical (unpaired) electrons. The third kappa shape index (κ3) is 5.31. The van der Waals surface area contributed by atoms with Gasteiger partial charge < -0.3 is 15.0 Å². The molecule has 8 nitrogen and oxygen atoms in total. The molecule has 1 atom stereocenters. The molecule has 2 aromatic carbocycles. The largest absolute Gasteiger partial charge is 0.496 e. The first-order valence-corrected chi connectivity index (χ1v) is 14.7. The van der Waals surface area contributed by atoms with Crippen molar-refractivity contribution >= 4 is 33.2 Å². The van der Waals surface area contributed by atoms with Crippen LogP contribution in [0.5, 0.6) is 5.75 Å². The summed E-state index contributed by atoms with van der Waals surface area (Å²) in [5.74, 6) is 2.47. The number of sulfone groups is 1. The molecule has 2 aliphatic heterocycles. The molecule has 1 fully saturated rings. The van der Waals surface area contributed by atoms with Gasteiger partial charge in [-0.05, 0) is 70.0 Å². The number of hydrogen-bond donors (Lipinski definition) is 1. The summed E-state index contributed by atoms with van der Waals surface area (Å²) in [4.78, 5) is 16.7. The Hall–Kier alpha value is -3.30. The van der Waals surface area contributed by atoms with Crippen LogP contribution in [0.3, 0.4) is 0 Å². The number of likely N-dealkylation sites (tertiary alicyclic amines) is 1. The van der Waals surface area contributed by atoms with Crippen molar-refractivity contribution in [3.63, 3.8) is 0 Å². The number of benzene rings is 2. The second-order valence-corrected chi connectivity index (χ2v) is 12.8. The quantitative estimate of drug-likeness (QED) is 0.432. The van der Waals surface area contributed by atoms with Gasteiger partial charge in [0.25, 0.3) is 0 Å². The number of ether oxygens (including phenoxy) is 1. The van der Waals surface area contributed by atoms with Gasteiger partial charge in [0.15, 0.2) is 15.7 Å². The maximum absolute atomic E-state index is 13.0. The fourth-order valence-electron chi connectivity index (χ4n) is 5.19. The highest BCUT2D eigenvalue weighted by Crippen LogP contribution is 2.36. The van der Waals surface area contributed by atoms with Crippen LogP contribution in [-0.4, -0.2) is 62.0 Å². The Morgan fingerprint density at radius 2 is 1.97 bits per heavy atom. The van der Waals surface area contributed by atoms with Crippen molar-refractivity contribution in [1.82, 2.24) is 14.9 Å². The Labute approximate surface area is 225 Å². The highest BCUT2D eigenvalue weighted by atomic mass is 32.2. The lowest BCUT2D eigenvalue weighted by Crippen LogP contribution is -2.30. The van der Waals surface area contributed by atoms with Gasteiger partial charge in [-0.2, -0.15) is 0 Å². The Morgan fingerprint density at radius 1 is 1.16 bits per heavy atom. The average Bonchev–Trinajstić information content (AvgIpc) is 3.38. The van der Waals surface area contributed by atoms with Crippen molar-refractivity contribution in [2.45, 2.75) is 55.6 Å². The van der Waals surface area contributed by atoms with E-state index in [4.69, 9.17) is 14.7 Å². The van der Waals surface area contributed by atoms with Crippen LogP contribution in [-0.2, 0) is 22.7 Å². The topological polar surface area (TPSA) is 96.8 Å². The fraction of sp³-hybridized carbons (Fsp3) is 0.414. The predicted octanol–water partition coefficient (Wildman–Crippen LogP) is 5.07. The van der Waals surface area contributed by atoms with Gasteiger partial charge >= 0.3 is 0 Å². The standard InChI is InChI=1S/C29H35N5O3S/c1-19(2)38(35,36)26-10-6-5-9-23(26)32-29-28-24(13-14-30-28)31-27(33-29)17-21-12-11-20(16-25(21)37-4)22-8-7-15-34(3)18-22/h5-6,9-12,14,16,19,22H,7-8,13,15,17-18H2,1-4H3,(H,31,32,33). The lowest BCUT2D eigenvalue weighted by atomic mass is 9.90. The maximum atomic E-state index is 13.0. The van der Waals surface area contributed by atoms with Crippen LogP contribution in [0, 0.1) is 0 Å². The van der Waals surface area contributed by atoms with Gasteiger partial charge in [-0.15, -0.1) is 0 Å². The molecule has 3 aromatic rings. The second-order valence-electron chi connectivity index (χ2n) is 10.4. The van der Waals surface area contributed by atoms with Gasteiger partial charge in [0.2, 0.25) is 0 Å². The van der Waals surface area contributed by atoms with E-state index in [1.54, 1.807) is 39.2 Å². The molecule has 38 heavy (non-hydrogen) atoms. The van der Waals surface area contributed by atoms with E-state index in [1.807, 2.05) is 12.3 Å². The first kappa shape index (κ1) is 26.3. The summed E-state index contributed by atoms with van der Waals surface area (Å²) in [6, 6.07) is 13.4. The van der Waals surface area contributed by atoms with Crippen LogP contribution in [0.15, 0.2) is 52.4 Å². The summed E-state index contributed by atoms with van der Waals surface area (Å²) < 4.78 is 31.8. The number of methoxy groups -OCH3 is 1. The molecule has 1 saturated heterocycles. The lowest BCUT2D eigenvalue weighted by molar-refractivity contribution is 0.250. The molecule has 1 N–H and O–H groups in total. The molecular weight excluding hydrogens is 498 g/mol. The van der Waals surface area contributed by atoms with E-state index in [2.05, 4.69) is 40.5 Å². The average molecular weight is 534 g/mol. The zero-order chi connectivity index (χ0) is 26.9. The number of likely N-dealkylation sites (N-methyl/N-ethyl adjacent to an activating group) is 1. The number of para-hydroxylation sites is 1. The van der Waals surface area contributed by atoms with Crippen molar-refractivity contribution in [2.24, 2.45) is 4.99 Å². The van der Waals surface area contributed by atoms with Gasteiger partial charge in [-0.25, -0.2) is 18.4 Å². The number of nitrogens with one attached hydrogen (secondary N) is 1. The summed E-state index contributed by atoms with van der Waals surface area (Å²) in [6.07, 6.45) is 5.29. The Kier molecular flexibility index (Phi) is 7.49. The van der Waals surface area contributed by atoms with Crippen molar-refractivity contribution in [3.05, 3.63) is 65.1 Å².